The molecule has 3 atom stereocenters. The number of hydrogen-bond donors (Lipinski definition) is 14. The number of aromatic amines is 4. The molecule has 0 radical (unpaired) electrons. The van der Waals surface area contributed by atoms with Crippen LogP contribution in [0.5, 0.6) is 0 Å². The minimum atomic E-state index is -0.426. The van der Waals surface area contributed by atoms with Gasteiger partial charge in [0.15, 0.2) is 19.0 Å². The normalized spacial score (nSPS) is 15.1. The van der Waals surface area contributed by atoms with Gasteiger partial charge in [-0.25, -0.2) is 20.0 Å². The Morgan fingerprint density at radius 3 is 1.70 bits per heavy atom. The monoisotopic (exact) mass is 1520 g/mol. The number of aliphatic hydroxyl groups excluding tert-OH is 2. The first-order valence-corrected chi connectivity index (χ1v) is 34.5. The number of thiazole rings is 1. The van der Waals surface area contributed by atoms with Crippen molar-refractivity contribution in [3.8, 4) is 0 Å². The van der Waals surface area contributed by atoms with Gasteiger partial charge in [-0.15, -0.1) is 57.1 Å². The number of benzene rings is 2. The Morgan fingerprint density at radius 2 is 1.35 bits per heavy atom. The summed E-state index contributed by atoms with van der Waals surface area (Å²) in [6.07, 6.45) is 18.3. The predicted octanol–water partition coefficient (Wildman–Crippen LogP) is 9.25. The number of likely N-dealkylation sites (N-methyl/N-ethyl adjacent to an activating group) is 1. The Bertz CT molecular complexity index is 3910. The van der Waals surface area contributed by atoms with Crippen LogP contribution in [0.25, 0.3) is 21.1 Å². The Hall–Kier alpha value is -8.27. The fourth-order valence-electron chi connectivity index (χ4n) is 6.45. The van der Waals surface area contributed by atoms with Gasteiger partial charge in [-0.3, -0.25) is 21.4 Å². The van der Waals surface area contributed by atoms with Crippen LogP contribution in [-0.2, 0) is 32.0 Å². The van der Waals surface area contributed by atoms with Crippen LogP contribution < -0.4 is 38.9 Å². The van der Waals surface area contributed by atoms with Crippen molar-refractivity contribution in [2.24, 2.45) is 66.2 Å². The summed E-state index contributed by atoms with van der Waals surface area (Å²) < 4.78 is 13.2. The van der Waals surface area contributed by atoms with Gasteiger partial charge in [0.2, 0.25) is 29.6 Å². The second-order valence-corrected chi connectivity index (χ2v) is 25.3. The number of aliphatic hydroxyl groups is 2. The third-order valence-corrected chi connectivity index (χ3v) is 15.5. The highest BCUT2D eigenvalue weighted by Gasteiger charge is 2.05. The van der Waals surface area contributed by atoms with Crippen molar-refractivity contribution >= 4 is 171 Å². The molecule has 5 aliphatic heterocycles. The summed E-state index contributed by atoms with van der Waals surface area (Å²) >= 11 is 32.1. The summed E-state index contributed by atoms with van der Waals surface area (Å²) in [4.78, 5) is 49.1. The fourth-order valence-corrected chi connectivity index (χ4v) is 9.56. The lowest BCUT2D eigenvalue weighted by Crippen LogP contribution is -2.32. The molecule has 17 N–H and O–H groups in total. The number of fused-ring (bicyclic) bond motifs is 2. The van der Waals surface area contributed by atoms with Gasteiger partial charge in [0.05, 0.1) is 59.4 Å². The number of pyridine rings is 2. The van der Waals surface area contributed by atoms with Crippen LogP contribution in [0.4, 0.5) is 23.5 Å². The number of nitrogens with two attached hydrogens (primary N) is 5. The van der Waals surface area contributed by atoms with E-state index in [1.54, 1.807) is 96.4 Å². The summed E-state index contributed by atoms with van der Waals surface area (Å²) in [5.41, 5.74) is 30.1. The van der Waals surface area contributed by atoms with E-state index in [4.69, 9.17) is 80.3 Å². The number of morpholine rings is 1. The lowest BCUT2D eigenvalue weighted by atomic mass is 10.3. The number of nitrogens with zero attached hydrogens (tertiary/aromatic N) is 19. The second kappa shape index (κ2) is 51.8. The largest absolute Gasteiger partial charge is 0.390 e. The molecule has 0 aliphatic carbocycles. The molecular formula is C58H81N29O3S9. The van der Waals surface area contributed by atoms with Crippen LogP contribution >= 0.6 is 109 Å². The number of para-hydroxylation sites is 2. The minimum absolute atomic E-state index is 0.0417. The van der Waals surface area contributed by atoms with Gasteiger partial charge in [-0.1, -0.05) is 72.1 Å². The molecule has 41 heteroatoms. The number of rotatable bonds is 3. The van der Waals surface area contributed by atoms with E-state index in [-0.39, 0.29) is 42.1 Å². The molecule has 3 unspecified atom stereocenters. The maximum Gasteiger partial charge on any atom is 0.226 e. The maximum absolute atomic E-state index is 8.61. The van der Waals surface area contributed by atoms with E-state index < -0.39 is 6.29 Å². The molecule has 10 aromatic rings. The summed E-state index contributed by atoms with van der Waals surface area (Å²) in [5.74, 6) is 2.01. The summed E-state index contributed by atoms with van der Waals surface area (Å²) in [5, 5.41) is 43.3. The van der Waals surface area contributed by atoms with Gasteiger partial charge in [-0.2, -0.15) is 25.2 Å². The van der Waals surface area contributed by atoms with Gasteiger partial charge in [0.25, 0.3) is 0 Å². The number of thioether (sulfide) groups is 2. The van der Waals surface area contributed by atoms with Crippen molar-refractivity contribution in [2.45, 2.75) is 35.5 Å². The average molecular weight is 1520 g/mol. The molecule has 2 saturated heterocycles. The third kappa shape index (κ3) is 41.7. The highest BCUT2D eigenvalue weighted by Crippen LogP contribution is 2.18. The Labute approximate surface area is 616 Å². The zero-order chi connectivity index (χ0) is 72.4. The van der Waals surface area contributed by atoms with E-state index in [2.05, 4.69) is 162 Å². The van der Waals surface area contributed by atoms with E-state index in [0.717, 1.165) is 73.6 Å². The third-order valence-electron chi connectivity index (χ3n) is 11.2. The van der Waals surface area contributed by atoms with Gasteiger partial charge in [0.1, 0.15) is 22.9 Å². The zero-order valence-electron chi connectivity index (χ0n) is 54.5. The highest BCUT2D eigenvalue weighted by atomic mass is 32.2. The first-order valence-electron chi connectivity index (χ1n) is 29.0. The molecule has 15 rings (SSSR count). The van der Waals surface area contributed by atoms with Crippen LogP contribution in [0.3, 0.4) is 0 Å². The number of anilines is 4. The predicted molar refractivity (Wildman–Crippen MR) is 418 cm³/mol. The molecular weight excluding hydrogens is 1440 g/mol. The summed E-state index contributed by atoms with van der Waals surface area (Å²) in [6, 6.07) is 29.1. The number of aryl methyl sites for hydroxylation is 2. The molecule has 0 bridgehead atoms. The molecule has 32 nitrogen and oxygen atoms in total. The summed E-state index contributed by atoms with van der Waals surface area (Å²) in [6.45, 7) is 4.93. The van der Waals surface area contributed by atoms with E-state index in [1.165, 1.54) is 28.5 Å². The lowest BCUT2D eigenvalue weighted by molar-refractivity contribution is 0.0503. The van der Waals surface area contributed by atoms with Crippen LogP contribution in [-0.4, -0.2) is 179 Å². The van der Waals surface area contributed by atoms with Gasteiger partial charge in [-0.05, 0) is 98.3 Å². The van der Waals surface area contributed by atoms with E-state index in [1.807, 2.05) is 115 Å². The first-order chi connectivity index (χ1) is 47.6. The second-order valence-electron chi connectivity index (χ2n) is 19.1. The number of thiol groups is 2. The molecule has 8 aromatic heterocycles. The number of imidazole rings is 2. The van der Waals surface area contributed by atoms with Gasteiger partial charge >= 0.3 is 0 Å². The standard InChI is InChI=1S/C8H7NS.C7H10N2.C7H9NO2.C7H5NS2.C5H11NO.C4H6N2S.C4H4N2S.C4H6N2.C3H6N6.C3H5NS2.C2H4N4.C2H5N3S.C2H3N3S/c10-8-5-6-3-1-2-4-7(6)9-8;1-9(2)7-3-5-8-6-4-7;9-4-6-2-1-3-7(5-10)8-6;9-7-8-5-3-1-2-4-6(5)10-7;1-6-2-4-7-5-3-6;1-6-3-2-5-4(6)7;7-4-5-2-1-3-6-4;1-6-3-2-5-4-6;4-1-7-2(5)9-3(6)8-1;5-3-4-1-2-6-3;3-2-4-1-5-6-2;3-2-5-4-1-6-2;6-2-3-1-4-5-2/h1-5,9-10H;3-6H,1-2H3;1-3,9-10H,4-5H2;1-4H,(H,8,9);2-5H2,1H3;2-3H,1H3,(H,5,7);1-3H,(H,5,6,7);2-4H,1H3;(H6,4,5,6,7,8,9);1-2H2,(H,4,5);1-2H,3H2;2H,1,3H2;1-2,6H. The number of aliphatic imine (C=N–C) groups is 2. The number of ether oxygens (including phenoxy) is 1. The van der Waals surface area contributed by atoms with Gasteiger partial charge in [0, 0.05) is 120 Å². The topological polar surface area (TPSA) is 460 Å². The van der Waals surface area contributed by atoms with Crippen LogP contribution in [0.15, 0.2) is 193 Å². The van der Waals surface area contributed by atoms with Crippen molar-refractivity contribution in [1.82, 2.24) is 74.2 Å². The van der Waals surface area contributed by atoms with Crippen molar-refractivity contribution in [3.63, 3.8) is 0 Å². The molecule has 2 aromatic carbocycles. The number of H-pyrrole nitrogens is 4. The fraction of sp³-hybridized carbons (Fsp3) is 0.293. The lowest BCUT2D eigenvalue weighted by Gasteiger charge is -2.21. The van der Waals surface area contributed by atoms with Crippen molar-refractivity contribution in [1.29, 1.82) is 0 Å². The van der Waals surface area contributed by atoms with E-state index >= 15 is 0 Å². The number of thiocarbonyl (C=S) groups is 1. The number of nitrogen functional groups attached to an aromatic ring is 3. The number of nitrogens with one attached hydrogen (secondary N) is 5. The zero-order valence-corrected chi connectivity index (χ0v) is 62.1. The molecule has 0 spiro atoms. The molecule has 2 fully saturated rings. The molecule has 99 heavy (non-hydrogen) atoms. The number of aromatic nitrogens is 13. The van der Waals surface area contributed by atoms with E-state index in [0.29, 0.717) is 16.2 Å². The van der Waals surface area contributed by atoms with Crippen LogP contribution in [0.2, 0.25) is 0 Å². The van der Waals surface area contributed by atoms with Crippen molar-refractivity contribution in [2.75, 3.05) is 87.7 Å². The average Bonchev–Trinajstić information content (AvgIpc) is 1.73. The molecule has 13 heterocycles. The smallest absolute Gasteiger partial charge is 0.226 e. The molecule has 5 aliphatic rings. The van der Waals surface area contributed by atoms with Gasteiger partial charge < -0.3 is 76.3 Å². The molecule has 0 amide bonds. The SMILES string of the molecule is CN(C)c1ccncc1.CN1CCOCC1.Cn1cc[nH]c1=S.Cn1ccnc1.NC1N=CN=N1.NC1N=NCS1.Nc1nc(N)nc(N)n1.OCc1cccc(CO)n1.S=C1NCCS1.S=c1[nH]c2ccccc2s1.S=c1nccc[nH]1.SC1N=CN=N1.Sc1cc2ccccc2[nH]1. The quantitative estimate of drug-likeness (QED) is 0.0578. The Morgan fingerprint density at radius 1 is 0.707 bits per heavy atom. The van der Waals surface area contributed by atoms with Crippen LogP contribution in [0, 0.1) is 13.5 Å². The van der Waals surface area contributed by atoms with Crippen molar-refractivity contribution in [3.05, 3.63) is 172 Å². The molecule has 0 saturated carbocycles. The molecule has 530 valence electrons. The highest BCUT2D eigenvalue weighted by molar-refractivity contribution is 8.23. The number of azo groups is 3. The Balaban J connectivity index is 0.000000280. The minimum Gasteiger partial charge on any atom is -0.390 e. The van der Waals surface area contributed by atoms with Crippen LogP contribution in [0.1, 0.15) is 11.4 Å². The summed E-state index contributed by atoms with van der Waals surface area (Å²) in [7, 11) is 9.97. The first kappa shape index (κ1) is 85.0. The van der Waals surface area contributed by atoms with E-state index in [9.17, 15) is 0 Å². The Kier molecular flexibility index (Phi) is 44.5. The maximum atomic E-state index is 8.61. The van der Waals surface area contributed by atoms with Crippen molar-refractivity contribution < 1.29 is 14.9 Å². The number of hydrogen-bond acceptors (Lipinski definition) is 34.